The summed E-state index contributed by atoms with van der Waals surface area (Å²) >= 11 is 0. The average Bonchev–Trinajstić information content (AvgIpc) is 1.82. The molecule has 0 spiro atoms. The van der Waals surface area contributed by atoms with Crippen LogP contribution in [0.4, 0.5) is 0 Å². The van der Waals surface area contributed by atoms with Gasteiger partial charge in [0.1, 0.15) is 5.76 Å². The molecule has 0 aliphatic rings. The normalized spacial score (nSPS) is 14.5. The molecular weight excluding hydrogens is 164 g/mol. The minimum absolute atomic E-state index is 0.0417. The summed E-state index contributed by atoms with van der Waals surface area (Å²) in [6, 6.07) is 0. The summed E-state index contributed by atoms with van der Waals surface area (Å²) in [7, 11) is 0. The van der Waals surface area contributed by atoms with Crippen LogP contribution in [0.3, 0.4) is 0 Å². The van der Waals surface area contributed by atoms with Crippen molar-refractivity contribution in [2.45, 2.75) is 41.5 Å². The molecule has 13 heavy (non-hydrogen) atoms. The van der Waals surface area contributed by atoms with Crippen LogP contribution in [0, 0.1) is 10.8 Å². The van der Waals surface area contributed by atoms with Crippen molar-refractivity contribution < 1.29 is 9.90 Å². The molecule has 1 N–H and O–H groups in total. The van der Waals surface area contributed by atoms with Gasteiger partial charge in [-0.25, -0.2) is 0 Å². The van der Waals surface area contributed by atoms with E-state index in [0.29, 0.717) is 0 Å². The van der Waals surface area contributed by atoms with E-state index in [1.807, 2.05) is 41.5 Å². The molecule has 0 saturated carbocycles. The number of hydrogen-bond donors (Lipinski definition) is 1. The third-order valence-corrected chi connectivity index (χ3v) is 1.78. The maximum absolute atomic E-state index is 11.5. The second kappa shape index (κ2) is 3.52. The van der Waals surface area contributed by atoms with Crippen molar-refractivity contribution in [3.05, 3.63) is 11.8 Å². The van der Waals surface area contributed by atoms with Crippen LogP contribution in [0.15, 0.2) is 11.8 Å². The molecule has 0 rings (SSSR count). The fourth-order valence-corrected chi connectivity index (χ4v) is 0.557. The van der Waals surface area contributed by atoms with E-state index < -0.39 is 5.41 Å². The summed E-state index contributed by atoms with van der Waals surface area (Å²) < 4.78 is 0. The predicted molar refractivity (Wildman–Crippen MR) is 54.6 cm³/mol. The topological polar surface area (TPSA) is 37.3 Å². The van der Waals surface area contributed by atoms with E-state index >= 15 is 0 Å². The van der Waals surface area contributed by atoms with Crippen LogP contribution in [-0.2, 0) is 4.79 Å². The highest BCUT2D eigenvalue weighted by Crippen LogP contribution is 2.24. The lowest BCUT2D eigenvalue weighted by Crippen LogP contribution is -2.20. The van der Waals surface area contributed by atoms with Gasteiger partial charge in [0, 0.05) is 16.9 Å². The molecule has 0 aromatic heterocycles. The maximum atomic E-state index is 11.5. The van der Waals surface area contributed by atoms with Gasteiger partial charge in [-0.2, -0.15) is 0 Å². The third-order valence-electron chi connectivity index (χ3n) is 1.78. The summed E-state index contributed by atoms with van der Waals surface area (Å²) in [5.41, 5.74) is -0.764. The molecule has 0 unspecified atom stereocenters. The van der Waals surface area contributed by atoms with Gasteiger partial charge in [0.05, 0.1) is 0 Å². The molecule has 2 heteroatoms. The van der Waals surface area contributed by atoms with Gasteiger partial charge in [-0.1, -0.05) is 41.5 Å². The Labute approximate surface area is 80.7 Å². The van der Waals surface area contributed by atoms with Crippen LogP contribution < -0.4 is 0 Å². The summed E-state index contributed by atoms with van der Waals surface area (Å²) in [4.78, 5) is 11.5. The minimum Gasteiger partial charge on any atom is -0.512 e. The first kappa shape index (κ1) is 12.2. The molecule has 76 valence electrons. The third kappa shape index (κ3) is 4.11. The zero-order chi connectivity index (χ0) is 10.9. The number of hydrogen-bond acceptors (Lipinski definition) is 2. The molecular formula is C11H20O2. The first-order valence-electron chi connectivity index (χ1n) is 4.51. The molecule has 0 radical (unpaired) electrons. The summed E-state index contributed by atoms with van der Waals surface area (Å²) in [6.45, 7) is 11.1. The van der Waals surface area contributed by atoms with E-state index in [-0.39, 0.29) is 17.0 Å². The van der Waals surface area contributed by atoms with Crippen molar-refractivity contribution in [1.82, 2.24) is 0 Å². The average molecular weight is 184 g/mol. The largest absolute Gasteiger partial charge is 0.512 e. The summed E-state index contributed by atoms with van der Waals surface area (Å²) in [6.07, 6.45) is 1.33. The summed E-state index contributed by atoms with van der Waals surface area (Å²) in [5, 5.41) is 9.56. The molecule has 0 aliphatic heterocycles. The predicted octanol–water partition coefficient (Wildman–Crippen LogP) is 3.09. The molecule has 0 aliphatic carbocycles. The van der Waals surface area contributed by atoms with Gasteiger partial charge in [0.15, 0.2) is 5.78 Å². The lowest BCUT2D eigenvalue weighted by Gasteiger charge is -2.19. The maximum Gasteiger partial charge on any atom is 0.164 e. The van der Waals surface area contributed by atoms with Gasteiger partial charge >= 0.3 is 0 Å². The van der Waals surface area contributed by atoms with Crippen LogP contribution in [0.2, 0.25) is 0 Å². The monoisotopic (exact) mass is 184 g/mol. The quantitative estimate of drug-likeness (QED) is 0.502. The second-order valence-corrected chi connectivity index (χ2v) is 5.39. The fraction of sp³-hybridized carbons (Fsp3) is 0.727. The second-order valence-electron chi connectivity index (χ2n) is 5.39. The van der Waals surface area contributed by atoms with Crippen LogP contribution in [0.5, 0.6) is 0 Å². The lowest BCUT2D eigenvalue weighted by molar-refractivity contribution is -0.121. The van der Waals surface area contributed by atoms with E-state index in [1.54, 1.807) is 0 Å². The molecule has 0 heterocycles. The van der Waals surface area contributed by atoms with Gasteiger partial charge < -0.3 is 5.11 Å². The molecule has 0 atom stereocenters. The Morgan fingerprint density at radius 2 is 1.38 bits per heavy atom. The van der Waals surface area contributed by atoms with Crippen LogP contribution in [0.25, 0.3) is 0 Å². The van der Waals surface area contributed by atoms with Gasteiger partial charge in [-0.3, -0.25) is 4.79 Å². The van der Waals surface area contributed by atoms with Crippen LogP contribution >= 0.6 is 0 Å². The van der Waals surface area contributed by atoms with E-state index in [9.17, 15) is 9.90 Å². The van der Waals surface area contributed by atoms with E-state index in [0.717, 1.165) is 0 Å². The highest BCUT2D eigenvalue weighted by Gasteiger charge is 2.23. The summed E-state index contributed by atoms with van der Waals surface area (Å²) in [5.74, 6) is 0.104. The van der Waals surface area contributed by atoms with E-state index in [1.165, 1.54) is 6.08 Å². The Kier molecular flexibility index (Phi) is 3.31. The highest BCUT2D eigenvalue weighted by molar-refractivity contribution is 5.94. The number of rotatable bonds is 1. The Hall–Kier alpha value is -0.790. The molecule has 0 fully saturated rings. The number of aliphatic hydroxyl groups excluding tert-OH is 1. The number of carbonyl (C=O) groups excluding carboxylic acids is 1. The van der Waals surface area contributed by atoms with Crippen molar-refractivity contribution in [2.24, 2.45) is 10.8 Å². The standard InChI is InChI=1S/C11H20O2/c1-10(2,3)8(12)7-9(13)11(4,5)6/h7,12H,1-6H3/b8-7-. The molecule has 0 saturated heterocycles. The van der Waals surface area contributed by atoms with Crippen molar-refractivity contribution in [3.8, 4) is 0 Å². The van der Waals surface area contributed by atoms with Crippen molar-refractivity contribution >= 4 is 5.78 Å². The molecule has 0 bridgehead atoms. The Morgan fingerprint density at radius 3 is 1.62 bits per heavy atom. The minimum atomic E-state index is -0.417. The Morgan fingerprint density at radius 1 is 1.00 bits per heavy atom. The smallest absolute Gasteiger partial charge is 0.164 e. The Bertz CT molecular complexity index is 223. The van der Waals surface area contributed by atoms with Crippen molar-refractivity contribution in [2.75, 3.05) is 0 Å². The molecule has 2 nitrogen and oxygen atoms in total. The first-order valence-corrected chi connectivity index (χ1v) is 4.51. The zero-order valence-electron chi connectivity index (χ0n) is 9.43. The van der Waals surface area contributed by atoms with Crippen molar-refractivity contribution in [1.29, 1.82) is 0 Å². The Balaban J connectivity index is 4.70. The molecule has 0 aromatic rings. The van der Waals surface area contributed by atoms with Gasteiger partial charge in [0.25, 0.3) is 0 Å². The number of carbonyl (C=O) groups is 1. The molecule has 0 aromatic carbocycles. The van der Waals surface area contributed by atoms with E-state index in [4.69, 9.17) is 0 Å². The number of ketones is 1. The van der Waals surface area contributed by atoms with Gasteiger partial charge in [-0.05, 0) is 0 Å². The SMILES string of the molecule is CC(C)(C)C(=O)/C=C(\O)C(C)(C)C. The lowest BCUT2D eigenvalue weighted by atomic mass is 9.87. The molecule has 0 amide bonds. The number of aliphatic hydroxyl groups is 1. The van der Waals surface area contributed by atoms with Crippen molar-refractivity contribution in [3.63, 3.8) is 0 Å². The fourth-order valence-electron chi connectivity index (χ4n) is 0.557. The number of allylic oxidation sites excluding steroid dienone is 2. The first-order chi connectivity index (χ1) is 5.55. The van der Waals surface area contributed by atoms with E-state index in [2.05, 4.69) is 0 Å². The van der Waals surface area contributed by atoms with Crippen LogP contribution in [0.1, 0.15) is 41.5 Å². The highest BCUT2D eigenvalue weighted by atomic mass is 16.3. The van der Waals surface area contributed by atoms with Gasteiger partial charge in [-0.15, -0.1) is 0 Å². The zero-order valence-corrected chi connectivity index (χ0v) is 9.43. The van der Waals surface area contributed by atoms with Gasteiger partial charge in [0.2, 0.25) is 0 Å². The van der Waals surface area contributed by atoms with Crippen LogP contribution in [-0.4, -0.2) is 10.9 Å².